The number of aliphatic hydroxyl groups excluding tert-OH is 1. The molecule has 0 bridgehead atoms. The number of aliphatic hydroxyl groups is 1. The Labute approximate surface area is 121 Å². The number of fused-ring (bicyclic) bond motifs is 1. The molecule has 4 heteroatoms. The van der Waals surface area contributed by atoms with Crippen LogP contribution in [0.1, 0.15) is 28.4 Å². The Hall–Kier alpha value is -1.58. The van der Waals surface area contributed by atoms with E-state index in [0.717, 1.165) is 12.0 Å². The molecule has 0 saturated carbocycles. The third-order valence-corrected chi connectivity index (χ3v) is 3.82. The van der Waals surface area contributed by atoms with E-state index in [1.165, 1.54) is 12.1 Å². The molecule has 0 spiro atoms. The van der Waals surface area contributed by atoms with Crippen molar-refractivity contribution < 1.29 is 14.2 Å². The molecule has 2 aromatic carbocycles. The van der Waals surface area contributed by atoms with E-state index in [0.29, 0.717) is 34.1 Å². The quantitative estimate of drug-likeness (QED) is 0.912. The molecule has 3 rings (SSSR count). The minimum Gasteiger partial charge on any atom is -0.493 e. The highest BCUT2D eigenvalue weighted by Gasteiger charge is 2.24. The van der Waals surface area contributed by atoms with E-state index < -0.39 is 6.10 Å². The Morgan fingerprint density at radius 3 is 2.80 bits per heavy atom. The van der Waals surface area contributed by atoms with Crippen molar-refractivity contribution in [3.63, 3.8) is 0 Å². The van der Waals surface area contributed by atoms with Crippen LogP contribution in [-0.2, 0) is 6.42 Å². The van der Waals surface area contributed by atoms with Gasteiger partial charge < -0.3 is 9.84 Å². The van der Waals surface area contributed by atoms with Crippen LogP contribution >= 0.6 is 11.6 Å². The lowest BCUT2D eigenvalue weighted by atomic mass is 9.95. The molecule has 0 radical (unpaired) electrons. The molecule has 1 unspecified atom stereocenters. The van der Waals surface area contributed by atoms with Gasteiger partial charge >= 0.3 is 0 Å². The topological polar surface area (TPSA) is 29.5 Å². The molecule has 1 aliphatic rings. The number of ether oxygens (including phenoxy) is 1. The molecule has 104 valence electrons. The van der Waals surface area contributed by atoms with Gasteiger partial charge in [0.15, 0.2) is 0 Å². The fourth-order valence-electron chi connectivity index (χ4n) is 2.61. The third-order valence-electron chi connectivity index (χ3n) is 3.60. The van der Waals surface area contributed by atoms with Crippen LogP contribution in [0.2, 0.25) is 5.02 Å². The van der Waals surface area contributed by atoms with Crippen LogP contribution < -0.4 is 4.74 Å². The van der Waals surface area contributed by atoms with Gasteiger partial charge in [-0.25, -0.2) is 4.39 Å². The lowest BCUT2D eigenvalue weighted by Crippen LogP contribution is -2.04. The second-order valence-electron chi connectivity index (χ2n) is 4.99. The Bertz CT molecular complexity index is 670. The molecule has 2 aromatic rings. The fourth-order valence-corrected chi connectivity index (χ4v) is 2.86. The summed E-state index contributed by atoms with van der Waals surface area (Å²) in [4.78, 5) is 0. The zero-order valence-corrected chi connectivity index (χ0v) is 11.7. The van der Waals surface area contributed by atoms with Crippen molar-refractivity contribution in [2.75, 3.05) is 6.61 Å². The van der Waals surface area contributed by atoms with Gasteiger partial charge in [0.1, 0.15) is 17.7 Å². The third kappa shape index (κ3) is 2.28. The van der Waals surface area contributed by atoms with Crippen LogP contribution in [-0.4, -0.2) is 11.7 Å². The summed E-state index contributed by atoms with van der Waals surface area (Å²) in [6, 6.07) is 7.91. The molecule has 0 amide bonds. The number of benzene rings is 2. The fraction of sp³-hybridized carbons (Fsp3) is 0.250. The molecule has 2 nitrogen and oxygen atoms in total. The summed E-state index contributed by atoms with van der Waals surface area (Å²) in [7, 11) is 0. The number of aryl methyl sites for hydroxylation is 1. The van der Waals surface area contributed by atoms with Gasteiger partial charge in [-0.2, -0.15) is 0 Å². The van der Waals surface area contributed by atoms with Crippen molar-refractivity contribution >= 4 is 11.6 Å². The zero-order chi connectivity index (χ0) is 14.3. The largest absolute Gasteiger partial charge is 0.493 e. The highest BCUT2D eigenvalue weighted by Crippen LogP contribution is 2.39. The normalized spacial score (nSPS) is 14.8. The second-order valence-corrected chi connectivity index (χ2v) is 5.42. The van der Waals surface area contributed by atoms with Gasteiger partial charge in [0.25, 0.3) is 0 Å². The zero-order valence-electron chi connectivity index (χ0n) is 11.0. The average Bonchev–Trinajstić information content (AvgIpc) is 2.85. The molecule has 0 aromatic heterocycles. The average molecular weight is 293 g/mol. The van der Waals surface area contributed by atoms with Gasteiger partial charge in [0, 0.05) is 17.0 Å². The standard InChI is InChI=1S/C16H14ClFO2/c1-9-6-12(18)2-3-13(9)15(19)14-8-11(17)7-10-4-5-20-16(10)14/h2-3,6-8,15,19H,4-5H2,1H3. The van der Waals surface area contributed by atoms with E-state index in [1.54, 1.807) is 19.1 Å². The maximum Gasteiger partial charge on any atom is 0.128 e. The summed E-state index contributed by atoms with van der Waals surface area (Å²) < 4.78 is 18.8. The first-order valence-corrected chi connectivity index (χ1v) is 6.83. The van der Waals surface area contributed by atoms with Crippen molar-refractivity contribution in [3.05, 3.63) is 63.4 Å². The number of halogens is 2. The van der Waals surface area contributed by atoms with Crippen LogP contribution in [0.25, 0.3) is 0 Å². The Kier molecular flexibility index (Phi) is 3.40. The summed E-state index contributed by atoms with van der Waals surface area (Å²) in [5, 5.41) is 11.2. The maximum atomic E-state index is 13.2. The SMILES string of the molecule is Cc1cc(F)ccc1C(O)c1cc(Cl)cc2c1OCC2. The molecular weight excluding hydrogens is 279 g/mol. The highest BCUT2D eigenvalue weighted by molar-refractivity contribution is 6.30. The predicted octanol–water partition coefficient (Wildman–Crippen LogP) is 3.80. The first-order chi connectivity index (χ1) is 9.56. The number of hydrogen-bond donors (Lipinski definition) is 1. The molecule has 1 N–H and O–H groups in total. The summed E-state index contributed by atoms with van der Waals surface area (Å²) in [5.74, 6) is 0.386. The smallest absolute Gasteiger partial charge is 0.128 e. The van der Waals surface area contributed by atoms with E-state index >= 15 is 0 Å². The van der Waals surface area contributed by atoms with Crippen molar-refractivity contribution in [3.8, 4) is 5.75 Å². The van der Waals surface area contributed by atoms with Gasteiger partial charge in [0.2, 0.25) is 0 Å². The Morgan fingerprint density at radius 1 is 1.25 bits per heavy atom. The van der Waals surface area contributed by atoms with E-state index in [1.807, 2.05) is 6.07 Å². The van der Waals surface area contributed by atoms with Crippen molar-refractivity contribution in [2.24, 2.45) is 0 Å². The van der Waals surface area contributed by atoms with Crippen LogP contribution in [0.3, 0.4) is 0 Å². The van der Waals surface area contributed by atoms with Gasteiger partial charge in [-0.3, -0.25) is 0 Å². The van der Waals surface area contributed by atoms with Crippen LogP contribution in [0.4, 0.5) is 4.39 Å². The summed E-state index contributed by atoms with van der Waals surface area (Å²) in [6.07, 6.45) is -0.0842. The maximum absolute atomic E-state index is 13.2. The molecule has 0 aliphatic carbocycles. The number of hydrogen-bond acceptors (Lipinski definition) is 2. The molecule has 20 heavy (non-hydrogen) atoms. The summed E-state index contributed by atoms with van der Waals surface area (Å²) in [6.45, 7) is 2.37. The van der Waals surface area contributed by atoms with Crippen molar-refractivity contribution in [2.45, 2.75) is 19.4 Å². The first kappa shape index (κ1) is 13.4. The minimum absolute atomic E-state index is 0.314. The molecule has 1 heterocycles. The van der Waals surface area contributed by atoms with Gasteiger partial charge in [-0.15, -0.1) is 0 Å². The van der Waals surface area contributed by atoms with Crippen LogP contribution in [0.15, 0.2) is 30.3 Å². The van der Waals surface area contributed by atoms with E-state index in [4.69, 9.17) is 16.3 Å². The van der Waals surface area contributed by atoms with E-state index in [9.17, 15) is 9.50 Å². The predicted molar refractivity (Wildman–Crippen MR) is 75.8 cm³/mol. The molecule has 1 atom stereocenters. The molecule has 0 fully saturated rings. The monoisotopic (exact) mass is 292 g/mol. The Morgan fingerprint density at radius 2 is 2.05 bits per heavy atom. The van der Waals surface area contributed by atoms with Gasteiger partial charge in [-0.1, -0.05) is 17.7 Å². The first-order valence-electron chi connectivity index (χ1n) is 6.45. The number of rotatable bonds is 2. The minimum atomic E-state index is -0.874. The molecular formula is C16H14ClFO2. The molecule has 0 saturated heterocycles. The van der Waals surface area contributed by atoms with Crippen molar-refractivity contribution in [1.29, 1.82) is 0 Å². The van der Waals surface area contributed by atoms with Crippen LogP contribution in [0, 0.1) is 12.7 Å². The van der Waals surface area contributed by atoms with Gasteiger partial charge in [0.05, 0.1) is 6.61 Å². The summed E-state index contributed by atoms with van der Waals surface area (Å²) >= 11 is 6.10. The lowest BCUT2D eigenvalue weighted by Gasteiger charge is -2.17. The van der Waals surface area contributed by atoms with Crippen molar-refractivity contribution in [1.82, 2.24) is 0 Å². The van der Waals surface area contributed by atoms with Crippen LogP contribution in [0.5, 0.6) is 5.75 Å². The van der Waals surface area contributed by atoms with E-state index in [2.05, 4.69) is 0 Å². The highest BCUT2D eigenvalue weighted by atomic mass is 35.5. The second kappa shape index (κ2) is 5.08. The Balaban J connectivity index is 2.09. The summed E-state index contributed by atoms with van der Waals surface area (Å²) in [5.41, 5.74) is 3.00. The molecule has 1 aliphatic heterocycles. The lowest BCUT2D eigenvalue weighted by molar-refractivity contribution is 0.213. The van der Waals surface area contributed by atoms with E-state index in [-0.39, 0.29) is 5.82 Å². The van der Waals surface area contributed by atoms with Gasteiger partial charge in [-0.05, 0) is 47.9 Å².